The highest BCUT2D eigenvalue weighted by molar-refractivity contribution is 6.32. The first kappa shape index (κ1) is 16.8. The molecule has 0 radical (unpaired) electrons. The maximum absolute atomic E-state index is 12.6. The van der Waals surface area contributed by atoms with E-state index >= 15 is 0 Å². The predicted octanol–water partition coefficient (Wildman–Crippen LogP) is 3.68. The van der Waals surface area contributed by atoms with Gasteiger partial charge in [0, 0.05) is 44.2 Å². The van der Waals surface area contributed by atoms with Crippen molar-refractivity contribution in [1.29, 1.82) is 0 Å². The van der Waals surface area contributed by atoms with Gasteiger partial charge in [-0.25, -0.2) is 4.98 Å². The van der Waals surface area contributed by atoms with Crippen molar-refractivity contribution in [3.05, 3.63) is 28.0 Å². The Labute approximate surface area is 131 Å². The van der Waals surface area contributed by atoms with Crippen LogP contribution in [0, 0.1) is 0 Å². The Morgan fingerprint density at radius 2 is 1.90 bits per heavy atom. The summed E-state index contributed by atoms with van der Waals surface area (Å²) in [6.07, 6.45) is -5.06. The molecule has 1 aromatic rings. The maximum Gasteiger partial charge on any atom is 0.389 e. The number of alkyl halides is 3. The molecule has 0 spiro atoms. The van der Waals surface area contributed by atoms with Crippen LogP contribution in [0.5, 0.6) is 0 Å². The van der Waals surface area contributed by atoms with E-state index in [1.807, 2.05) is 4.90 Å². The molecule has 2 rings (SSSR count). The lowest BCUT2D eigenvalue weighted by molar-refractivity contribution is -0.138. The van der Waals surface area contributed by atoms with E-state index in [1.54, 1.807) is 12.1 Å². The third-order valence-corrected chi connectivity index (χ3v) is 4.01. The van der Waals surface area contributed by atoms with Gasteiger partial charge in [-0.2, -0.15) is 13.2 Å². The highest BCUT2D eigenvalue weighted by Crippen LogP contribution is 2.34. The molecular formula is C13H16Cl2F3N3. The number of piperazine rings is 1. The summed E-state index contributed by atoms with van der Waals surface area (Å²) in [5, 5.41) is 3.59. The lowest BCUT2D eigenvalue weighted by Crippen LogP contribution is -2.45. The van der Waals surface area contributed by atoms with E-state index in [-0.39, 0.29) is 16.7 Å². The van der Waals surface area contributed by atoms with Gasteiger partial charge in [-0.15, -0.1) is 0 Å². The minimum atomic E-state index is -4.18. The molecule has 0 unspecified atom stereocenters. The molecule has 0 aromatic carbocycles. The van der Waals surface area contributed by atoms with E-state index in [0.29, 0.717) is 18.7 Å². The van der Waals surface area contributed by atoms with Gasteiger partial charge in [-0.05, 0) is 12.5 Å². The minimum absolute atomic E-state index is 0.0352. The summed E-state index contributed by atoms with van der Waals surface area (Å²) in [7, 11) is 0. The van der Waals surface area contributed by atoms with Gasteiger partial charge in [0.2, 0.25) is 0 Å². The molecule has 1 atom stereocenters. The number of aromatic nitrogens is 1. The molecule has 2 heterocycles. The van der Waals surface area contributed by atoms with Crippen LogP contribution in [0.15, 0.2) is 12.1 Å². The van der Waals surface area contributed by atoms with Crippen molar-refractivity contribution in [3.63, 3.8) is 0 Å². The summed E-state index contributed by atoms with van der Waals surface area (Å²) in [5.74, 6) is 0. The Kier molecular flexibility index (Phi) is 5.71. The molecule has 0 aliphatic carbocycles. The van der Waals surface area contributed by atoms with Crippen LogP contribution >= 0.6 is 23.2 Å². The smallest absolute Gasteiger partial charge is 0.314 e. The molecule has 1 aliphatic heterocycles. The number of halogens is 5. The molecule has 1 aliphatic rings. The van der Waals surface area contributed by atoms with E-state index < -0.39 is 18.6 Å². The molecule has 21 heavy (non-hydrogen) atoms. The summed E-state index contributed by atoms with van der Waals surface area (Å²) in [5.41, 5.74) is 0.604. The number of pyridine rings is 1. The van der Waals surface area contributed by atoms with Crippen LogP contribution in [0.2, 0.25) is 10.3 Å². The highest BCUT2D eigenvalue weighted by Gasteiger charge is 2.32. The Balaban J connectivity index is 2.21. The van der Waals surface area contributed by atoms with E-state index in [1.165, 1.54) is 0 Å². The second kappa shape index (κ2) is 7.13. The van der Waals surface area contributed by atoms with Gasteiger partial charge in [0.25, 0.3) is 0 Å². The predicted molar refractivity (Wildman–Crippen MR) is 76.7 cm³/mol. The monoisotopic (exact) mass is 341 g/mol. The first-order valence-electron chi connectivity index (χ1n) is 6.70. The summed E-state index contributed by atoms with van der Waals surface area (Å²) < 4.78 is 37.7. The van der Waals surface area contributed by atoms with Crippen molar-refractivity contribution >= 4 is 23.2 Å². The molecule has 0 saturated carbocycles. The Bertz CT molecular complexity index is 476. The largest absolute Gasteiger partial charge is 0.389 e. The molecule has 3 nitrogen and oxygen atoms in total. The Hall–Kier alpha value is -0.560. The zero-order valence-corrected chi connectivity index (χ0v) is 12.8. The topological polar surface area (TPSA) is 28.2 Å². The maximum atomic E-state index is 12.6. The van der Waals surface area contributed by atoms with Crippen LogP contribution < -0.4 is 5.32 Å². The summed E-state index contributed by atoms with van der Waals surface area (Å²) >= 11 is 11.8. The van der Waals surface area contributed by atoms with Gasteiger partial charge in [-0.3, -0.25) is 4.90 Å². The molecule has 1 saturated heterocycles. The average Bonchev–Trinajstić information content (AvgIpc) is 2.41. The second-order valence-electron chi connectivity index (χ2n) is 4.97. The molecule has 1 aromatic heterocycles. The van der Waals surface area contributed by atoms with E-state index in [9.17, 15) is 13.2 Å². The summed E-state index contributed by atoms with van der Waals surface area (Å²) in [6.45, 7) is 2.87. The second-order valence-corrected chi connectivity index (χ2v) is 5.71. The van der Waals surface area contributed by atoms with Crippen LogP contribution in [0.3, 0.4) is 0 Å². The summed E-state index contributed by atoms with van der Waals surface area (Å²) in [6, 6.07) is 2.83. The van der Waals surface area contributed by atoms with Crippen molar-refractivity contribution in [3.8, 4) is 0 Å². The molecular weight excluding hydrogens is 326 g/mol. The SMILES string of the molecule is FC(F)(F)CC[C@@H](c1ccc(Cl)nc1Cl)N1CCNCC1. The Morgan fingerprint density at radius 1 is 1.24 bits per heavy atom. The standard InChI is InChI=1S/C13H16Cl2F3N3/c14-11-2-1-9(12(15)20-11)10(3-4-13(16,17)18)21-7-5-19-6-8-21/h1-2,10,19H,3-8H2/t10-/m0/s1. The lowest BCUT2D eigenvalue weighted by Gasteiger charge is -2.35. The van der Waals surface area contributed by atoms with E-state index in [4.69, 9.17) is 23.2 Å². The van der Waals surface area contributed by atoms with Crippen LogP contribution in [0.25, 0.3) is 0 Å². The van der Waals surface area contributed by atoms with Gasteiger partial charge in [0.1, 0.15) is 10.3 Å². The van der Waals surface area contributed by atoms with Crippen molar-refractivity contribution in [2.24, 2.45) is 0 Å². The fraction of sp³-hybridized carbons (Fsp3) is 0.615. The average molecular weight is 342 g/mol. The van der Waals surface area contributed by atoms with Crippen LogP contribution in [-0.4, -0.2) is 42.2 Å². The van der Waals surface area contributed by atoms with Gasteiger partial charge < -0.3 is 5.32 Å². The zero-order chi connectivity index (χ0) is 15.5. The van der Waals surface area contributed by atoms with Crippen molar-refractivity contribution in [2.75, 3.05) is 26.2 Å². The zero-order valence-electron chi connectivity index (χ0n) is 11.3. The number of hydrogen-bond acceptors (Lipinski definition) is 3. The lowest BCUT2D eigenvalue weighted by atomic mass is 10.0. The molecule has 1 fully saturated rings. The van der Waals surface area contributed by atoms with Crippen molar-refractivity contribution in [1.82, 2.24) is 15.2 Å². The van der Waals surface area contributed by atoms with Crippen LogP contribution in [0.4, 0.5) is 13.2 Å². The highest BCUT2D eigenvalue weighted by atomic mass is 35.5. The van der Waals surface area contributed by atoms with Crippen molar-refractivity contribution < 1.29 is 13.2 Å². The number of rotatable bonds is 4. The number of hydrogen-bond donors (Lipinski definition) is 1. The number of nitrogens with zero attached hydrogens (tertiary/aromatic N) is 2. The molecule has 0 amide bonds. The molecule has 8 heteroatoms. The normalized spacial score (nSPS) is 18.7. The van der Waals surface area contributed by atoms with Gasteiger partial charge in [0.15, 0.2) is 0 Å². The van der Waals surface area contributed by atoms with E-state index in [2.05, 4.69) is 10.3 Å². The van der Waals surface area contributed by atoms with Gasteiger partial charge >= 0.3 is 6.18 Å². The number of nitrogens with one attached hydrogen (secondary N) is 1. The van der Waals surface area contributed by atoms with E-state index in [0.717, 1.165) is 13.1 Å². The molecule has 118 valence electrons. The third-order valence-electron chi connectivity index (χ3n) is 3.50. The van der Waals surface area contributed by atoms with Crippen molar-refractivity contribution in [2.45, 2.75) is 25.1 Å². The van der Waals surface area contributed by atoms with Crippen LogP contribution in [0.1, 0.15) is 24.4 Å². The quantitative estimate of drug-likeness (QED) is 0.847. The minimum Gasteiger partial charge on any atom is -0.314 e. The molecule has 1 N–H and O–H groups in total. The Morgan fingerprint density at radius 3 is 2.48 bits per heavy atom. The summed E-state index contributed by atoms with van der Waals surface area (Å²) in [4.78, 5) is 5.95. The fourth-order valence-electron chi connectivity index (χ4n) is 2.50. The first-order chi connectivity index (χ1) is 9.87. The fourth-order valence-corrected chi connectivity index (χ4v) is 2.97. The first-order valence-corrected chi connectivity index (χ1v) is 7.46. The third kappa shape index (κ3) is 4.98. The van der Waals surface area contributed by atoms with Crippen LogP contribution in [-0.2, 0) is 0 Å². The van der Waals surface area contributed by atoms with Gasteiger partial charge in [-0.1, -0.05) is 29.3 Å². The molecule has 0 bridgehead atoms. The van der Waals surface area contributed by atoms with Gasteiger partial charge in [0.05, 0.1) is 0 Å².